The first kappa shape index (κ1) is 9.97. The van der Waals surface area contributed by atoms with E-state index in [1.54, 1.807) is 0 Å². The second-order valence-corrected chi connectivity index (χ2v) is 4.11. The normalized spacial score (nSPS) is 13.0. The summed E-state index contributed by atoms with van der Waals surface area (Å²) >= 11 is 0. The van der Waals surface area contributed by atoms with Gasteiger partial charge in [-0.05, 0) is 11.5 Å². The molecule has 1 heterocycles. The number of rotatable bonds is 3. The topological polar surface area (TPSA) is 28.7 Å². The smallest absolute Gasteiger partial charge is 0.113 e. The van der Waals surface area contributed by atoms with Crippen LogP contribution in [0.1, 0.15) is 31.2 Å². The summed E-state index contributed by atoms with van der Waals surface area (Å²) in [5.74, 6) is 1.95. The molecule has 1 aromatic carbocycles. The van der Waals surface area contributed by atoms with E-state index in [1.165, 1.54) is 5.56 Å². The average Bonchev–Trinajstić information content (AvgIpc) is 2.72. The number of aromatic nitrogens is 2. The number of nitrogens with zero attached hydrogens (tertiary/aromatic N) is 1. The third kappa shape index (κ3) is 2.09. The zero-order valence-corrected chi connectivity index (χ0v) is 9.14. The Balaban J connectivity index is 2.37. The van der Waals surface area contributed by atoms with Crippen LogP contribution in [0.4, 0.5) is 0 Å². The summed E-state index contributed by atoms with van der Waals surface area (Å²) in [5, 5.41) is 0. The molecule has 0 bridgehead atoms. The van der Waals surface area contributed by atoms with Crippen molar-refractivity contribution >= 4 is 0 Å². The highest BCUT2D eigenvalue weighted by molar-refractivity contribution is 5.26. The molecule has 0 amide bonds. The lowest BCUT2D eigenvalue weighted by molar-refractivity contribution is 0.543. The van der Waals surface area contributed by atoms with Crippen molar-refractivity contribution in [2.75, 3.05) is 0 Å². The van der Waals surface area contributed by atoms with Gasteiger partial charge in [-0.15, -0.1) is 0 Å². The lowest BCUT2D eigenvalue weighted by Crippen LogP contribution is -2.10. The Bertz CT molecular complexity index is 390. The first-order chi connectivity index (χ1) is 7.29. The van der Waals surface area contributed by atoms with Gasteiger partial charge in [0.2, 0.25) is 0 Å². The van der Waals surface area contributed by atoms with Crippen molar-refractivity contribution < 1.29 is 0 Å². The number of benzene rings is 1. The highest BCUT2D eigenvalue weighted by atomic mass is 14.9. The van der Waals surface area contributed by atoms with Crippen molar-refractivity contribution in [3.8, 4) is 0 Å². The predicted octanol–water partition coefficient (Wildman–Crippen LogP) is 3.20. The molecule has 0 fully saturated rings. The third-order valence-electron chi connectivity index (χ3n) is 2.64. The van der Waals surface area contributed by atoms with Crippen LogP contribution in [0.2, 0.25) is 0 Å². The van der Waals surface area contributed by atoms with E-state index < -0.39 is 0 Å². The van der Waals surface area contributed by atoms with Crippen molar-refractivity contribution in [2.24, 2.45) is 5.92 Å². The number of nitrogens with one attached hydrogen (secondary N) is 1. The van der Waals surface area contributed by atoms with Crippen LogP contribution in [0.5, 0.6) is 0 Å². The third-order valence-corrected chi connectivity index (χ3v) is 2.64. The van der Waals surface area contributed by atoms with Gasteiger partial charge < -0.3 is 4.98 Å². The maximum Gasteiger partial charge on any atom is 0.113 e. The van der Waals surface area contributed by atoms with E-state index in [-0.39, 0.29) is 0 Å². The molecule has 2 rings (SSSR count). The second-order valence-electron chi connectivity index (χ2n) is 4.11. The van der Waals surface area contributed by atoms with E-state index in [0.29, 0.717) is 11.8 Å². The molecule has 1 aromatic heterocycles. The fourth-order valence-electron chi connectivity index (χ4n) is 1.97. The molecule has 0 radical (unpaired) electrons. The average molecular weight is 200 g/mol. The van der Waals surface area contributed by atoms with E-state index in [2.05, 4.69) is 48.1 Å². The van der Waals surface area contributed by atoms with Crippen LogP contribution in [-0.2, 0) is 0 Å². The largest absolute Gasteiger partial charge is 0.348 e. The van der Waals surface area contributed by atoms with Crippen molar-refractivity contribution in [3.05, 3.63) is 54.1 Å². The molecule has 1 atom stereocenters. The molecule has 0 unspecified atom stereocenters. The lowest BCUT2D eigenvalue weighted by Gasteiger charge is -2.18. The van der Waals surface area contributed by atoms with Gasteiger partial charge in [-0.2, -0.15) is 0 Å². The maximum absolute atomic E-state index is 4.36. The highest BCUT2D eigenvalue weighted by Crippen LogP contribution is 2.28. The second kappa shape index (κ2) is 4.30. The molecule has 0 aliphatic heterocycles. The van der Waals surface area contributed by atoms with Crippen LogP contribution < -0.4 is 0 Å². The highest BCUT2D eigenvalue weighted by Gasteiger charge is 2.19. The fourth-order valence-corrected chi connectivity index (χ4v) is 1.97. The molecule has 2 heteroatoms. The number of H-pyrrole nitrogens is 1. The van der Waals surface area contributed by atoms with E-state index >= 15 is 0 Å². The Labute approximate surface area is 90.4 Å². The summed E-state index contributed by atoms with van der Waals surface area (Å²) < 4.78 is 0. The Morgan fingerprint density at radius 2 is 1.87 bits per heavy atom. The van der Waals surface area contributed by atoms with Gasteiger partial charge in [0.1, 0.15) is 5.82 Å². The van der Waals surface area contributed by atoms with Gasteiger partial charge in [-0.1, -0.05) is 44.2 Å². The monoisotopic (exact) mass is 200 g/mol. The molecule has 0 saturated carbocycles. The minimum atomic E-state index is 0.362. The molecule has 1 N–H and O–H groups in total. The molecule has 0 saturated heterocycles. The van der Waals surface area contributed by atoms with E-state index in [0.717, 1.165) is 5.82 Å². The van der Waals surface area contributed by atoms with Crippen LogP contribution in [-0.4, -0.2) is 9.97 Å². The summed E-state index contributed by atoms with van der Waals surface area (Å²) in [6.07, 6.45) is 3.70. The van der Waals surface area contributed by atoms with Crippen molar-refractivity contribution in [1.29, 1.82) is 0 Å². The first-order valence-electron chi connectivity index (χ1n) is 5.33. The summed E-state index contributed by atoms with van der Waals surface area (Å²) in [6.45, 7) is 4.44. The Morgan fingerprint density at radius 3 is 2.40 bits per heavy atom. The molecule has 2 aromatic rings. The SMILES string of the molecule is CC(C)[C@@H](c1ccccc1)c1ncc[nH]1. The minimum Gasteiger partial charge on any atom is -0.348 e. The molecule has 78 valence electrons. The van der Waals surface area contributed by atoms with Gasteiger partial charge in [0.25, 0.3) is 0 Å². The van der Waals surface area contributed by atoms with Gasteiger partial charge in [0, 0.05) is 18.3 Å². The molecule has 2 nitrogen and oxygen atoms in total. The van der Waals surface area contributed by atoms with E-state index in [9.17, 15) is 0 Å². The summed E-state index contributed by atoms with van der Waals surface area (Å²) in [6, 6.07) is 10.5. The molecule has 0 aliphatic carbocycles. The lowest BCUT2D eigenvalue weighted by atomic mass is 9.88. The Morgan fingerprint density at radius 1 is 1.13 bits per heavy atom. The summed E-state index contributed by atoms with van der Waals surface area (Å²) in [7, 11) is 0. The molecular weight excluding hydrogens is 184 g/mol. The van der Waals surface area contributed by atoms with Gasteiger partial charge in [-0.3, -0.25) is 0 Å². The zero-order chi connectivity index (χ0) is 10.7. The molecule has 0 aliphatic rings. The van der Waals surface area contributed by atoms with Gasteiger partial charge in [0.05, 0.1) is 0 Å². The summed E-state index contributed by atoms with van der Waals surface area (Å²) in [4.78, 5) is 7.56. The van der Waals surface area contributed by atoms with Crippen molar-refractivity contribution in [2.45, 2.75) is 19.8 Å². The van der Waals surface area contributed by atoms with E-state index in [4.69, 9.17) is 0 Å². The molecule has 0 spiro atoms. The van der Waals surface area contributed by atoms with Gasteiger partial charge in [0.15, 0.2) is 0 Å². The number of hydrogen-bond donors (Lipinski definition) is 1. The van der Waals surface area contributed by atoms with E-state index in [1.807, 2.05) is 18.5 Å². The molecule has 15 heavy (non-hydrogen) atoms. The van der Waals surface area contributed by atoms with Gasteiger partial charge >= 0.3 is 0 Å². The minimum absolute atomic E-state index is 0.362. The summed E-state index contributed by atoms with van der Waals surface area (Å²) in [5.41, 5.74) is 1.32. The molecular formula is C13H16N2. The van der Waals surface area contributed by atoms with Crippen molar-refractivity contribution in [1.82, 2.24) is 9.97 Å². The number of imidazole rings is 1. The standard InChI is InChI=1S/C13H16N2/c1-10(2)12(13-14-8-9-15-13)11-6-4-3-5-7-11/h3-10,12H,1-2H3,(H,14,15)/t12-/m0/s1. The first-order valence-corrected chi connectivity index (χ1v) is 5.33. The van der Waals surface area contributed by atoms with Crippen LogP contribution >= 0.6 is 0 Å². The van der Waals surface area contributed by atoms with Crippen molar-refractivity contribution in [3.63, 3.8) is 0 Å². The Kier molecular flexibility index (Phi) is 2.86. The Hall–Kier alpha value is -1.57. The van der Waals surface area contributed by atoms with Crippen LogP contribution in [0, 0.1) is 5.92 Å². The van der Waals surface area contributed by atoms with Crippen LogP contribution in [0.25, 0.3) is 0 Å². The fraction of sp³-hybridized carbons (Fsp3) is 0.308. The number of aromatic amines is 1. The quantitative estimate of drug-likeness (QED) is 0.809. The number of hydrogen-bond acceptors (Lipinski definition) is 1. The predicted molar refractivity (Wildman–Crippen MR) is 61.7 cm³/mol. The zero-order valence-electron chi connectivity index (χ0n) is 9.14. The van der Waals surface area contributed by atoms with Crippen LogP contribution in [0.3, 0.4) is 0 Å². The van der Waals surface area contributed by atoms with Gasteiger partial charge in [-0.25, -0.2) is 4.98 Å². The maximum atomic E-state index is 4.36. The van der Waals surface area contributed by atoms with Crippen LogP contribution in [0.15, 0.2) is 42.7 Å².